The first-order valence-corrected chi connectivity index (χ1v) is 6.35. The zero-order chi connectivity index (χ0) is 15.4. The Morgan fingerprint density at radius 1 is 1.24 bits per heavy atom. The molecule has 0 saturated carbocycles. The van der Waals surface area contributed by atoms with Crippen molar-refractivity contribution in [3.05, 3.63) is 69.5 Å². The largest absolute Gasteiger partial charge is 0.322 e. The highest BCUT2D eigenvalue weighted by molar-refractivity contribution is 6.04. The van der Waals surface area contributed by atoms with E-state index in [0.717, 1.165) is 30.2 Å². The highest BCUT2D eigenvalue weighted by Gasteiger charge is 2.17. The number of amides is 1. The average molecular weight is 288 g/mol. The Balaban J connectivity index is 2.23. The molecule has 0 saturated heterocycles. The molecule has 2 aromatic rings. The molecule has 0 aliphatic rings. The van der Waals surface area contributed by atoms with E-state index in [1.54, 1.807) is 12.1 Å². The number of carbonyl (C=O) groups is 1. The zero-order valence-electron chi connectivity index (χ0n) is 11.3. The van der Waals surface area contributed by atoms with Gasteiger partial charge in [0.25, 0.3) is 11.6 Å². The van der Waals surface area contributed by atoms with Crippen LogP contribution in [0.3, 0.4) is 0 Å². The van der Waals surface area contributed by atoms with E-state index in [1.165, 1.54) is 0 Å². The zero-order valence-corrected chi connectivity index (χ0v) is 11.3. The molecule has 1 amide bonds. The minimum absolute atomic E-state index is 0.331. The van der Waals surface area contributed by atoms with Crippen LogP contribution in [0.25, 0.3) is 0 Å². The molecule has 21 heavy (non-hydrogen) atoms. The Bertz CT molecular complexity index is 684. The minimum Gasteiger partial charge on any atom is -0.322 e. The molecule has 0 unspecified atom stereocenters. The lowest BCUT2D eigenvalue weighted by Crippen LogP contribution is -2.14. The Labute approximate surface area is 120 Å². The maximum absolute atomic E-state index is 13.6. The van der Waals surface area contributed by atoms with Gasteiger partial charge in [0.05, 0.1) is 10.5 Å². The normalized spacial score (nSPS) is 10.2. The summed E-state index contributed by atoms with van der Waals surface area (Å²) in [5.41, 5.74) is 0.921. The second-order valence-corrected chi connectivity index (χ2v) is 4.43. The van der Waals surface area contributed by atoms with Crippen LogP contribution in [0.2, 0.25) is 0 Å². The maximum Gasteiger partial charge on any atom is 0.270 e. The molecule has 0 spiro atoms. The van der Waals surface area contributed by atoms with E-state index in [4.69, 9.17) is 0 Å². The summed E-state index contributed by atoms with van der Waals surface area (Å²) in [6.07, 6.45) is 0.869. The molecule has 0 aromatic heterocycles. The summed E-state index contributed by atoms with van der Waals surface area (Å²) in [4.78, 5) is 22.0. The van der Waals surface area contributed by atoms with Crippen molar-refractivity contribution >= 4 is 17.3 Å². The van der Waals surface area contributed by atoms with Crippen molar-refractivity contribution in [3.8, 4) is 0 Å². The number of hydrogen-bond acceptors (Lipinski definition) is 3. The van der Waals surface area contributed by atoms with Crippen LogP contribution in [0.1, 0.15) is 22.8 Å². The van der Waals surface area contributed by atoms with Crippen LogP contribution < -0.4 is 5.32 Å². The van der Waals surface area contributed by atoms with Crippen LogP contribution in [-0.4, -0.2) is 10.8 Å². The first kappa shape index (κ1) is 14.6. The third kappa shape index (κ3) is 3.42. The number of benzene rings is 2. The summed E-state index contributed by atoms with van der Waals surface area (Å²) in [5.74, 6) is -1.52. The van der Waals surface area contributed by atoms with Crippen LogP contribution in [0.5, 0.6) is 0 Å². The topological polar surface area (TPSA) is 72.2 Å². The molecule has 5 nitrogen and oxygen atoms in total. The van der Waals surface area contributed by atoms with Gasteiger partial charge in [0.15, 0.2) is 0 Å². The summed E-state index contributed by atoms with van der Waals surface area (Å²) in [5, 5.41) is 13.2. The lowest BCUT2D eigenvalue weighted by molar-refractivity contribution is -0.384. The minimum atomic E-state index is -0.803. The van der Waals surface area contributed by atoms with E-state index >= 15 is 0 Å². The summed E-state index contributed by atoms with van der Waals surface area (Å²) in [6.45, 7) is 2.01. The third-order valence-electron chi connectivity index (χ3n) is 3.03. The number of halogens is 1. The SMILES string of the molecule is CCc1ccc(NC(=O)c2cc([N+](=O)[O-])ccc2F)cc1. The fourth-order valence-corrected chi connectivity index (χ4v) is 1.82. The van der Waals surface area contributed by atoms with Gasteiger partial charge in [0.1, 0.15) is 5.82 Å². The van der Waals surface area contributed by atoms with Gasteiger partial charge in [-0.1, -0.05) is 19.1 Å². The van der Waals surface area contributed by atoms with Crippen molar-refractivity contribution in [2.24, 2.45) is 0 Å². The monoisotopic (exact) mass is 288 g/mol. The maximum atomic E-state index is 13.6. The van der Waals surface area contributed by atoms with Gasteiger partial charge >= 0.3 is 0 Å². The second kappa shape index (κ2) is 6.13. The standard InChI is InChI=1S/C15H13FN2O3/c1-2-10-3-5-11(6-4-10)17-15(19)13-9-12(18(20)21)7-8-14(13)16/h3-9H,2H2,1H3,(H,17,19). The first-order chi connectivity index (χ1) is 10.0. The van der Waals surface area contributed by atoms with Gasteiger partial charge in [-0.05, 0) is 30.2 Å². The highest BCUT2D eigenvalue weighted by atomic mass is 19.1. The quantitative estimate of drug-likeness (QED) is 0.690. The number of aryl methyl sites for hydroxylation is 1. The van der Waals surface area contributed by atoms with Gasteiger partial charge in [0, 0.05) is 17.8 Å². The fourth-order valence-electron chi connectivity index (χ4n) is 1.82. The number of nitrogens with one attached hydrogen (secondary N) is 1. The van der Waals surface area contributed by atoms with Crippen molar-refractivity contribution in [1.82, 2.24) is 0 Å². The van der Waals surface area contributed by atoms with Crippen molar-refractivity contribution in [3.63, 3.8) is 0 Å². The number of anilines is 1. The van der Waals surface area contributed by atoms with Crippen LogP contribution in [-0.2, 0) is 6.42 Å². The number of nitrogens with zero attached hydrogens (tertiary/aromatic N) is 1. The molecule has 2 aromatic carbocycles. The van der Waals surface area contributed by atoms with E-state index in [1.807, 2.05) is 19.1 Å². The molecule has 0 heterocycles. The van der Waals surface area contributed by atoms with Crippen LogP contribution >= 0.6 is 0 Å². The van der Waals surface area contributed by atoms with E-state index in [2.05, 4.69) is 5.32 Å². The second-order valence-electron chi connectivity index (χ2n) is 4.43. The van der Waals surface area contributed by atoms with E-state index in [-0.39, 0.29) is 11.3 Å². The number of nitro benzene ring substituents is 1. The van der Waals surface area contributed by atoms with Crippen molar-refractivity contribution in [2.45, 2.75) is 13.3 Å². The number of hydrogen-bond donors (Lipinski definition) is 1. The Kier molecular flexibility index (Phi) is 4.27. The summed E-state index contributed by atoms with van der Waals surface area (Å²) < 4.78 is 13.6. The van der Waals surface area contributed by atoms with Crippen LogP contribution in [0.4, 0.5) is 15.8 Å². The number of non-ortho nitro benzene ring substituents is 1. The number of rotatable bonds is 4. The molecule has 0 aliphatic carbocycles. The molecule has 0 bridgehead atoms. The third-order valence-corrected chi connectivity index (χ3v) is 3.03. The van der Waals surface area contributed by atoms with E-state index in [0.29, 0.717) is 5.69 Å². The lowest BCUT2D eigenvalue weighted by atomic mass is 10.1. The van der Waals surface area contributed by atoms with Gasteiger partial charge in [-0.2, -0.15) is 0 Å². The van der Waals surface area contributed by atoms with Gasteiger partial charge in [-0.15, -0.1) is 0 Å². The van der Waals surface area contributed by atoms with Crippen molar-refractivity contribution in [2.75, 3.05) is 5.32 Å². The van der Waals surface area contributed by atoms with Gasteiger partial charge in [-0.3, -0.25) is 14.9 Å². The van der Waals surface area contributed by atoms with E-state index < -0.39 is 16.6 Å². The van der Waals surface area contributed by atoms with Crippen molar-refractivity contribution in [1.29, 1.82) is 0 Å². The molecule has 0 aliphatic heterocycles. The molecular weight excluding hydrogens is 275 g/mol. The Morgan fingerprint density at radius 2 is 1.90 bits per heavy atom. The molecule has 0 atom stereocenters. The predicted octanol–water partition coefficient (Wildman–Crippen LogP) is 3.55. The van der Waals surface area contributed by atoms with Crippen LogP contribution in [0.15, 0.2) is 42.5 Å². The Morgan fingerprint density at radius 3 is 2.48 bits per heavy atom. The fraction of sp³-hybridized carbons (Fsp3) is 0.133. The molecule has 0 radical (unpaired) electrons. The average Bonchev–Trinajstić information content (AvgIpc) is 2.48. The molecule has 6 heteroatoms. The van der Waals surface area contributed by atoms with Gasteiger partial charge in [-0.25, -0.2) is 4.39 Å². The predicted molar refractivity (Wildman–Crippen MR) is 76.8 cm³/mol. The summed E-state index contributed by atoms with van der Waals surface area (Å²) >= 11 is 0. The molecule has 2 rings (SSSR count). The number of carbonyl (C=O) groups excluding carboxylic acids is 1. The van der Waals surface area contributed by atoms with Gasteiger partial charge in [0.2, 0.25) is 0 Å². The smallest absolute Gasteiger partial charge is 0.270 e. The highest BCUT2D eigenvalue weighted by Crippen LogP contribution is 2.18. The number of nitro groups is 1. The molecule has 1 N–H and O–H groups in total. The first-order valence-electron chi connectivity index (χ1n) is 6.35. The molecule has 108 valence electrons. The van der Waals surface area contributed by atoms with Gasteiger partial charge < -0.3 is 5.32 Å². The Hall–Kier alpha value is -2.76. The summed E-state index contributed by atoms with van der Waals surface area (Å²) in [7, 11) is 0. The molecular formula is C15H13FN2O3. The van der Waals surface area contributed by atoms with Crippen molar-refractivity contribution < 1.29 is 14.1 Å². The van der Waals surface area contributed by atoms with E-state index in [9.17, 15) is 19.3 Å². The lowest BCUT2D eigenvalue weighted by Gasteiger charge is -2.07. The molecule has 0 fully saturated rings. The van der Waals surface area contributed by atoms with Crippen LogP contribution in [0, 0.1) is 15.9 Å². The summed E-state index contributed by atoms with van der Waals surface area (Å²) in [6, 6.07) is 9.94.